The largest absolute Gasteiger partial charge is 0.350 e. The van der Waals surface area contributed by atoms with Gasteiger partial charge in [0.2, 0.25) is 10.0 Å². The van der Waals surface area contributed by atoms with E-state index in [2.05, 4.69) is 16.6 Å². The highest BCUT2D eigenvalue weighted by atomic mass is 32.2. The number of nitrogens with zero attached hydrogens (tertiary/aromatic N) is 1. The minimum Gasteiger partial charge on any atom is -0.350 e. The van der Waals surface area contributed by atoms with Crippen molar-refractivity contribution in [2.75, 3.05) is 27.2 Å². The van der Waals surface area contributed by atoms with Crippen LogP contribution in [0.25, 0.3) is 0 Å². The fraction of sp³-hybridized carbons (Fsp3) is 0.250. The maximum atomic E-state index is 13.5. The van der Waals surface area contributed by atoms with Crippen LogP contribution in [0.15, 0.2) is 66.1 Å². The zero-order valence-corrected chi connectivity index (χ0v) is 16.7. The second-order valence-electron chi connectivity index (χ2n) is 6.41. The number of halogens is 1. The Labute approximate surface area is 165 Å². The van der Waals surface area contributed by atoms with E-state index in [4.69, 9.17) is 0 Å². The van der Waals surface area contributed by atoms with E-state index in [1.165, 1.54) is 42.5 Å². The number of carbonyl (C=O) groups is 1. The number of carbonyl (C=O) groups excluding carboxylic acids is 1. The Hall–Kier alpha value is -2.55. The molecule has 0 aliphatic carbocycles. The van der Waals surface area contributed by atoms with Gasteiger partial charge in [0, 0.05) is 18.7 Å². The molecule has 0 aliphatic rings. The average Bonchev–Trinajstić information content (AvgIpc) is 2.66. The second-order valence-corrected chi connectivity index (χ2v) is 8.18. The molecule has 1 unspecified atom stereocenters. The fourth-order valence-electron chi connectivity index (χ4n) is 2.66. The Morgan fingerprint density at radius 3 is 2.57 bits per heavy atom. The third-order valence-electron chi connectivity index (χ3n) is 4.14. The molecule has 6 nitrogen and oxygen atoms in total. The van der Waals surface area contributed by atoms with Crippen molar-refractivity contribution >= 4 is 15.9 Å². The van der Waals surface area contributed by atoms with Gasteiger partial charge in [-0.2, -0.15) is 0 Å². The normalized spacial score (nSPS) is 12.6. The standard InChI is InChI=1S/C20H24FN3O3S/c1-4-11-23-28(26,27)18-10-6-8-16(13-18)20(25)22-14-19(24(2)3)15-7-5-9-17(21)12-15/h4-10,12-13,19,23H,1,11,14H2,2-3H3,(H,22,25). The van der Waals surface area contributed by atoms with Crippen molar-refractivity contribution in [3.05, 3.63) is 78.1 Å². The van der Waals surface area contributed by atoms with Crippen molar-refractivity contribution < 1.29 is 17.6 Å². The van der Waals surface area contributed by atoms with E-state index >= 15 is 0 Å². The third-order valence-corrected chi connectivity index (χ3v) is 5.56. The number of likely N-dealkylation sites (N-methyl/N-ethyl adjacent to an activating group) is 1. The van der Waals surface area contributed by atoms with Crippen LogP contribution in [-0.2, 0) is 10.0 Å². The van der Waals surface area contributed by atoms with Crippen LogP contribution in [0.4, 0.5) is 4.39 Å². The van der Waals surface area contributed by atoms with Crippen LogP contribution in [0.5, 0.6) is 0 Å². The van der Waals surface area contributed by atoms with Gasteiger partial charge in [0.05, 0.1) is 10.9 Å². The molecule has 1 amide bonds. The number of hydrogen-bond acceptors (Lipinski definition) is 4. The van der Waals surface area contributed by atoms with E-state index in [1.54, 1.807) is 12.1 Å². The third kappa shape index (κ3) is 5.72. The van der Waals surface area contributed by atoms with E-state index in [-0.39, 0.29) is 35.4 Å². The molecule has 2 rings (SSSR count). The molecule has 2 N–H and O–H groups in total. The molecule has 0 radical (unpaired) electrons. The van der Waals surface area contributed by atoms with Crippen LogP contribution in [0.1, 0.15) is 22.0 Å². The highest BCUT2D eigenvalue weighted by Crippen LogP contribution is 2.19. The molecule has 28 heavy (non-hydrogen) atoms. The van der Waals surface area contributed by atoms with Gasteiger partial charge >= 0.3 is 0 Å². The molecule has 0 saturated carbocycles. The molecule has 0 aromatic heterocycles. The topological polar surface area (TPSA) is 78.5 Å². The lowest BCUT2D eigenvalue weighted by Crippen LogP contribution is -2.34. The zero-order chi connectivity index (χ0) is 20.7. The Kier molecular flexibility index (Phi) is 7.45. The number of sulfonamides is 1. The summed E-state index contributed by atoms with van der Waals surface area (Å²) in [5, 5.41) is 2.79. The lowest BCUT2D eigenvalue weighted by atomic mass is 10.1. The summed E-state index contributed by atoms with van der Waals surface area (Å²) in [5.74, 6) is -0.760. The van der Waals surface area contributed by atoms with Gasteiger partial charge in [-0.05, 0) is 50.0 Å². The molecule has 1 atom stereocenters. The van der Waals surface area contributed by atoms with Crippen LogP contribution >= 0.6 is 0 Å². The van der Waals surface area contributed by atoms with Crippen molar-refractivity contribution in [3.63, 3.8) is 0 Å². The van der Waals surface area contributed by atoms with Gasteiger partial charge in [-0.1, -0.05) is 24.3 Å². The van der Waals surface area contributed by atoms with E-state index in [1.807, 2.05) is 19.0 Å². The van der Waals surface area contributed by atoms with Crippen LogP contribution < -0.4 is 10.0 Å². The van der Waals surface area contributed by atoms with Crippen molar-refractivity contribution in [2.45, 2.75) is 10.9 Å². The molecule has 0 saturated heterocycles. The summed E-state index contributed by atoms with van der Waals surface area (Å²) in [7, 11) is -0.0550. The fourth-order valence-corrected chi connectivity index (χ4v) is 3.70. The minimum atomic E-state index is -3.72. The van der Waals surface area contributed by atoms with Crippen LogP contribution in [-0.4, -0.2) is 46.4 Å². The molecule has 150 valence electrons. The van der Waals surface area contributed by atoms with Crippen molar-refractivity contribution in [1.82, 2.24) is 14.9 Å². The Morgan fingerprint density at radius 2 is 1.93 bits per heavy atom. The lowest BCUT2D eigenvalue weighted by Gasteiger charge is -2.25. The van der Waals surface area contributed by atoms with E-state index < -0.39 is 15.9 Å². The van der Waals surface area contributed by atoms with Gasteiger partial charge in [0.25, 0.3) is 5.91 Å². The molecular weight excluding hydrogens is 381 g/mol. The quantitative estimate of drug-likeness (QED) is 0.628. The first kappa shape index (κ1) is 21.7. The van der Waals surface area contributed by atoms with E-state index in [0.29, 0.717) is 0 Å². The molecule has 2 aromatic carbocycles. The predicted octanol–water partition coefficient (Wildman–Crippen LogP) is 2.32. The highest BCUT2D eigenvalue weighted by molar-refractivity contribution is 7.89. The van der Waals surface area contributed by atoms with Crippen LogP contribution in [0.3, 0.4) is 0 Å². The molecule has 0 heterocycles. The van der Waals surface area contributed by atoms with Gasteiger partial charge in [-0.25, -0.2) is 17.5 Å². The molecule has 0 aliphatic heterocycles. The molecule has 0 bridgehead atoms. The minimum absolute atomic E-state index is 0.00344. The summed E-state index contributed by atoms with van der Waals surface area (Å²) in [6.45, 7) is 3.80. The molecule has 0 fully saturated rings. The maximum absolute atomic E-state index is 13.5. The smallest absolute Gasteiger partial charge is 0.251 e. The van der Waals surface area contributed by atoms with Crippen LogP contribution in [0.2, 0.25) is 0 Å². The number of hydrogen-bond donors (Lipinski definition) is 2. The van der Waals surface area contributed by atoms with Crippen molar-refractivity contribution in [1.29, 1.82) is 0 Å². The van der Waals surface area contributed by atoms with Crippen molar-refractivity contribution in [2.24, 2.45) is 0 Å². The zero-order valence-electron chi connectivity index (χ0n) is 15.9. The average molecular weight is 405 g/mol. The van der Waals surface area contributed by atoms with E-state index in [9.17, 15) is 17.6 Å². The molecule has 8 heteroatoms. The molecule has 2 aromatic rings. The first-order chi connectivity index (χ1) is 13.2. The Balaban J connectivity index is 2.14. The SMILES string of the molecule is C=CCNS(=O)(=O)c1cccc(C(=O)NCC(c2cccc(F)c2)N(C)C)c1. The summed E-state index contributed by atoms with van der Waals surface area (Å²) in [6, 6.07) is 11.7. The Bertz CT molecular complexity index is 945. The summed E-state index contributed by atoms with van der Waals surface area (Å²) < 4.78 is 40.3. The monoisotopic (exact) mass is 405 g/mol. The van der Waals surface area contributed by atoms with Gasteiger partial charge in [0.1, 0.15) is 5.82 Å². The van der Waals surface area contributed by atoms with Crippen LogP contribution in [0, 0.1) is 5.82 Å². The molecule has 0 spiro atoms. The van der Waals surface area contributed by atoms with Gasteiger partial charge in [0.15, 0.2) is 0 Å². The van der Waals surface area contributed by atoms with Gasteiger partial charge < -0.3 is 10.2 Å². The first-order valence-electron chi connectivity index (χ1n) is 8.65. The maximum Gasteiger partial charge on any atom is 0.251 e. The van der Waals surface area contributed by atoms with Gasteiger partial charge in [-0.15, -0.1) is 6.58 Å². The predicted molar refractivity (Wildman–Crippen MR) is 107 cm³/mol. The number of rotatable bonds is 9. The summed E-state index contributed by atoms with van der Waals surface area (Å²) in [5.41, 5.74) is 0.952. The lowest BCUT2D eigenvalue weighted by molar-refractivity contribution is 0.0941. The number of benzene rings is 2. The summed E-state index contributed by atoms with van der Waals surface area (Å²) in [6.07, 6.45) is 1.43. The highest BCUT2D eigenvalue weighted by Gasteiger charge is 2.18. The van der Waals surface area contributed by atoms with E-state index in [0.717, 1.165) is 5.56 Å². The van der Waals surface area contributed by atoms with Crippen molar-refractivity contribution in [3.8, 4) is 0 Å². The molecular formula is C20H24FN3O3S. The Morgan fingerprint density at radius 1 is 1.21 bits per heavy atom. The number of amides is 1. The second kappa shape index (κ2) is 9.59. The summed E-state index contributed by atoms with van der Waals surface area (Å²) >= 11 is 0. The number of nitrogens with one attached hydrogen (secondary N) is 2. The van der Waals surface area contributed by atoms with Gasteiger partial charge in [-0.3, -0.25) is 4.79 Å². The first-order valence-corrected chi connectivity index (χ1v) is 10.1. The summed E-state index contributed by atoms with van der Waals surface area (Å²) in [4.78, 5) is 14.4.